The third-order valence-electron chi connectivity index (χ3n) is 4.41. The van der Waals surface area contributed by atoms with E-state index in [1.54, 1.807) is 0 Å². The van der Waals surface area contributed by atoms with E-state index in [0.29, 0.717) is 6.42 Å². The van der Waals surface area contributed by atoms with E-state index in [4.69, 9.17) is 5.11 Å². The van der Waals surface area contributed by atoms with Gasteiger partial charge in [0.25, 0.3) is 0 Å². The van der Waals surface area contributed by atoms with Crippen LogP contribution in [0.3, 0.4) is 0 Å². The minimum atomic E-state index is -1.07. The van der Waals surface area contributed by atoms with Crippen LogP contribution < -0.4 is 0 Å². The van der Waals surface area contributed by atoms with E-state index < -0.39 is 17.9 Å². The molecule has 0 spiro atoms. The average molecular weight is 383 g/mol. The van der Waals surface area contributed by atoms with Crippen molar-refractivity contribution in [3.8, 4) is 0 Å². The number of hydrogen-bond donors (Lipinski definition) is 1. The number of unbranched alkanes of at least 4 members (excludes halogenated alkanes) is 11. The Labute approximate surface area is 164 Å². The van der Waals surface area contributed by atoms with Gasteiger partial charge in [-0.3, -0.25) is 14.4 Å². The zero-order chi connectivity index (χ0) is 20.2. The zero-order valence-corrected chi connectivity index (χ0v) is 17.0. The fourth-order valence-corrected chi connectivity index (χ4v) is 2.78. The lowest BCUT2D eigenvalue weighted by Crippen LogP contribution is -2.13. The van der Waals surface area contributed by atoms with Crippen LogP contribution >= 0.6 is 0 Å². The fourth-order valence-electron chi connectivity index (χ4n) is 2.78. The predicted octanol–water partition coefficient (Wildman–Crippen LogP) is 5.96. The van der Waals surface area contributed by atoms with Crippen molar-refractivity contribution in [3.63, 3.8) is 0 Å². The fraction of sp³-hybridized carbons (Fsp3) is 0.773. The minimum Gasteiger partial charge on any atom is -0.481 e. The first-order valence-corrected chi connectivity index (χ1v) is 10.7. The van der Waals surface area contributed by atoms with Crippen molar-refractivity contribution < 1.29 is 24.2 Å². The highest BCUT2D eigenvalue weighted by Crippen LogP contribution is 2.11. The number of esters is 2. The summed E-state index contributed by atoms with van der Waals surface area (Å²) in [5.41, 5.74) is 0. The highest BCUT2D eigenvalue weighted by atomic mass is 16.6. The van der Waals surface area contributed by atoms with Gasteiger partial charge in [0.05, 0.1) is 12.8 Å². The number of carboxylic acid groups (broad SMARTS) is 1. The molecule has 5 nitrogen and oxygen atoms in total. The number of carboxylic acids is 1. The van der Waals surface area contributed by atoms with Crippen LogP contribution in [-0.4, -0.2) is 23.0 Å². The Morgan fingerprint density at radius 2 is 1.15 bits per heavy atom. The van der Waals surface area contributed by atoms with Crippen molar-refractivity contribution in [2.24, 2.45) is 0 Å². The number of aliphatic carboxylic acids is 1. The number of carbonyl (C=O) groups is 3. The van der Waals surface area contributed by atoms with Crippen LogP contribution in [0.25, 0.3) is 0 Å². The Morgan fingerprint density at radius 3 is 1.70 bits per heavy atom. The van der Waals surface area contributed by atoms with Crippen molar-refractivity contribution in [1.29, 1.82) is 0 Å². The number of rotatable bonds is 18. The number of hydrogen-bond acceptors (Lipinski definition) is 4. The van der Waals surface area contributed by atoms with Crippen LogP contribution in [0, 0.1) is 0 Å². The molecule has 0 atom stereocenters. The summed E-state index contributed by atoms with van der Waals surface area (Å²) in [5.74, 6) is -2.37. The SMILES string of the molecule is CCCCCC/C=C/CCCCCCCCCC(=O)OC(=O)CCC(=O)O. The third-order valence-corrected chi connectivity index (χ3v) is 4.41. The third kappa shape index (κ3) is 20.5. The van der Waals surface area contributed by atoms with Gasteiger partial charge < -0.3 is 9.84 Å². The lowest BCUT2D eigenvalue weighted by Gasteiger charge is -2.03. The van der Waals surface area contributed by atoms with Gasteiger partial charge in [0, 0.05) is 6.42 Å². The molecule has 0 bridgehead atoms. The van der Waals surface area contributed by atoms with Gasteiger partial charge in [0.1, 0.15) is 0 Å². The van der Waals surface area contributed by atoms with Crippen LogP contribution in [0.1, 0.15) is 110 Å². The largest absolute Gasteiger partial charge is 0.481 e. The molecule has 0 heterocycles. The van der Waals surface area contributed by atoms with Gasteiger partial charge in [-0.2, -0.15) is 0 Å². The van der Waals surface area contributed by atoms with Crippen LogP contribution in [-0.2, 0) is 19.1 Å². The van der Waals surface area contributed by atoms with Crippen molar-refractivity contribution in [2.75, 3.05) is 0 Å². The molecule has 0 radical (unpaired) electrons. The van der Waals surface area contributed by atoms with Gasteiger partial charge >= 0.3 is 17.9 Å². The van der Waals surface area contributed by atoms with Gasteiger partial charge in [0.15, 0.2) is 0 Å². The highest BCUT2D eigenvalue weighted by molar-refractivity contribution is 5.86. The predicted molar refractivity (Wildman–Crippen MR) is 107 cm³/mol. The maximum absolute atomic E-state index is 11.4. The summed E-state index contributed by atoms with van der Waals surface area (Å²) in [6.07, 6.45) is 19.6. The van der Waals surface area contributed by atoms with Gasteiger partial charge in [-0.1, -0.05) is 70.4 Å². The van der Waals surface area contributed by atoms with Crippen molar-refractivity contribution in [2.45, 2.75) is 110 Å². The first-order valence-electron chi connectivity index (χ1n) is 10.7. The molecule has 0 aliphatic heterocycles. The van der Waals surface area contributed by atoms with Crippen molar-refractivity contribution in [3.05, 3.63) is 12.2 Å². The summed E-state index contributed by atoms with van der Waals surface area (Å²) >= 11 is 0. The molecule has 0 aromatic heterocycles. The Bertz CT molecular complexity index is 428. The topological polar surface area (TPSA) is 80.7 Å². The molecule has 0 fully saturated rings. The van der Waals surface area contributed by atoms with Gasteiger partial charge in [0.2, 0.25) is 0 Å². The second kappa shape index (κ2) is 19.1. The Hall–Kier alpha value is -1.65. The van der Waals surface area contributed by atoms with Crippen LogP contribution in [0.4, 0.5) is 0 Å². The van der Waals surface area contributed by atoms with Gasteiger partial charge in [-0.05, 0) is 32.1 Å². The molecule has 27 heavy (non-hydrogen) atoms. The summed E-state index contributed by atoms with van der Waals surface area (Å²) in [5, 5.41) is 8.45. The molecule has 5 heteroatoms. The van der Waals surface area contributed by atoms with E-state index in [-0.39, 0.29) is 19.3 Å². The maximum atomic E-state index is 11.4. The molecule has 0 saturated heterocycles. The van der Waals surface area contributed by atoms with E-state index in [9.17, 15) is 14.4 Å². The molecule has 0 aromatic carbocycles. The van der Waals surface area contributed by atoms with Crippen LogP contribution in [0.2, 0.25) is 0 Å². The molecule has 1 N–H and O–H groups in total. The second-order valence-corrected chi connectivity index (χ2v) is 7.07. The smallest absolute Gasteiger partial charge is 0.314 e. The normalized spacial score (nSPS) is 11.0. The summed E-state index contributed by atoms with van der Waals surface area (Å²) in [7, 11) is 0. The van der Waals surface area contributed by atoms with Crippen LogP contribution in [0.5, 0.6) is 0 Å². The maximum Gasteiger partial charge on any atom is 0.314 e. The molecule has 0 aromatic rings. The molecule has 0 aliphatic carbocycles. The zero-order valence-electron chi connectivity index (χ0n) is 17.0. The number of carbonyl (C=O) groups excluding carboxylic acids is 2. The van der Waals surface area contributed by atoms with Crippen molar-refractivity contribution in [1.82, 2.24) is 0 Å². The molecule has 0 saturated carbocycles. The van der Waals surface area contributed by atoms with Gasteiger partial charge in [-0.25, -0.2) is 0 Å². The van der Waals surface area contributed by atoms with E-state index in [2.05, 4.69) is 23.8 Å². The van der Waals surface area contributed by atoms with Gasteiger partial charge in [-0.15, -0.1) is 0 Å². The molecule has 0 aliphatic rings. The molecule has 0 rings (SSSR count). The summed E-state index contributed by atoms with van der Waals surface area (Å²) in [6.45, 7) is 2.24. The lowest BCUT2D eigenvalue weighted by molar-refractivity contribution is -0.161. The average Bonchev–Trinajstić information content (AvgIpc) is 2.63. The number of ether oxygens (including phenoxy) is 1. The highest BCUT2D eigenvalue weighted by Gasteiger charge is 2.11. The summed E-state index contributed by atoms with van der Waals surface area (Å²) in [4.78, 5) is 33.0. The van der Waals surface area contributed by atoms with Crippen LogP contribution in [0.15, 0.2) is 12.2 Å². The number of allylic oxidation sites excluding steroid dienone is 2. The monoisotopic (exact) mass is 382 g/mol. The Morgan fingerprint density at radius 1 is 0.667 bits per heavy atom. The molecular formula is C22H38O5. The second-order valence-electron chi connectivity index (χ2n) is 7.07. The molecule has 0 amide bonds. The van der Waals surface area contributed by atoms with E-state index >= 15 is 0 Å². The minimum absolute atomic E-state index is 0.224. The standard InChI is InChI=1S/C22H38O5/c1-2-3-4-5-6-7-8-9-10-11-12-13-14-15-16-17-21(25)27-22(26)19-18-20(23)24/h7-8H,2-6,9-19H2,1H3,(H,23,24)/b8-7+. The quantitative estimate of drug-likeness (QED) is 0.137. The van der Waals surface area contributed by atoms with E-state index in [1.807, 2.05) is 0 Å². The Balaban J connectivity index is 3.32. The van der Waals surface area contributed by atoms with E-state index in [1.165, 1.54) is 64.2 Å². The van der Waals surface area contributed by atoms with E-state index in [0.717, 1.165) is 12.8 Å². The first-order chi connectivity index (χ1) is 13.1. The Kier molecular flexibility index (Phi) is 18.0. The summed E-state index contributed by atoms with van der Waals surface area (Å²) < 4.78 is 4.57. The lowest BCUT2D eigenvalue weighted by atomic mass is 10.1. The first kappa shape index (κ1) is 25.4. The van der Waals surface area contributed by atoms with Crippen molar-refractivity contribution >= 4 is 17.9 Å². The molecule has 156 valence electrons. The molecule has 0 unspecified atom stereocenters. The molecular weight excluding hydrogens is 344 g/mol. The summed E-state index contributed by atoms with van der Waals surface area (Å²) in [6, 6.07) is 0.